The largest absolute Gasteiger partial charge is 0.478 e. The maximum Gasteiger partial charge on any atom is 0.339 e. The van der Waals surface area contributed by atoms with Crippen molar-refractivity contribution in [1.82, 2.24) is 0 Å². The van der Waals surface area contributed by atoms with Crippen LogP contribution >= 0.6 is 0 Å². The third-order valence-electron chi connectivity index (χ3n) is 2.73. The molecule has 0 heterocycles. The Hall–Kier alpha value is -2.62. The molecule has 0 saturated carbocycles. The van der Waals surface area contributed by atoms with Crippen LogP contribution in [0.1, 0.15) is 15.9 Å². The van der Waals surface area contributed by atoms with E-state index in [-0.39, 0.29) is 11.3 Å². The maximum atomic E-state index is 11.3. The molecule has 0 radical (unpaired) electrons. The monoisotopic (exact) mass is 256 g/mol. The number of carbonyl (C=O) groups is 2. The zero-order valence-corrected chi connectivity index (χ0v) is 10.3. The smallest absolute Gasteiger partial charge is 0.339 e. The van der Waals surface area contributed by atoms with Gasteiger partial charge in [0.25, 0.3) is 0 Å². The Kier molecular flexibility index (Phi) is 3.33. The minimum Gasteiger partial charge on any atom is -0.478 e. The number of carbonyl (C=O) groups excluding carboxylic acids is 1. The van der Waals surface area contributed by atoms with Crippen LogP contribution < -0.4 is 4.74 Å². The number of carboxylic acid groups (broad SMARTS) is 1. The van der Waals surface area contributed by atoms with Crippen molar-refractivity contribution in [3.05, 3.63) is 54.1 Å². The van der Waals surface area contributed by atoms with Gasteiger partial charge in [0.15, 0.2) is 5.75 Å². The lowest BCUT2D eigenvalue weighted by molar-refractivity contribution is -0.128. The summed E-state index contributed by atoms with van der Waals surface area (Å²) >= 11 is 0. The number of esters is 1. The molecule has 0 aliphatic rings. The van der Waals surface area contributed by atoms with Gasteiger partial charge in [0.1, 0.15) is 5.56 Å². The van der Waals surface area contributed by atoms with Crippen LogP contribution in [0.25, 0.3) is 10.8 Å². The molecule has 1 N–H and O–H groups in total. The highest BCUT2D eigenvalue weighted by Crippen LogP contribution is 2.31. The van der Waals surface area contributed by atoms with Crippen molar-refractivity contribution >= 4 is 22.7 Å². The van der Waals surface area contributed by atoms with Gasteiger partial charge in [-0.3, -0.25) is 0 Å². The lowest BCUT2D eigenvalue weighted by Crippen LogP contribution is -2.08. The fourth-order valence-electron chi connectivity index (χ4n) is 1.84. The zero-order chi connectivity index (χ0) is 14.0. The average Bonchev–Trinajstić information content (AvgIpc) is 2.38. The Morgan fingerprint density at radius 2 is 2.00 bits per heavy atom. The van der Waals surface area contributed by atoms with Crippen LogP contribution in [0.15, 0.2) is 43.0 Å². The molecule has 0 spiro atoms. The standard InChI is InChI=1S/C15H12O4/c1-3-13(16)19-14-11-6-4-9(2)8-10(11)5-7-12(14)15(17)18/h3-8H,1H2,2H3,(H,17,18). The molecule has 2 aromatic carbocycles. The number of carboxylic acids is 1. The fraction of sp³-hybridized carbons (Fsp3) is 0.0667. The number of benzene rings is 2. The first-order valence-corrected chi connectivity index (χ1v) is 5.64. The fourth-order valence-corrected chi connectivity index (χ4v) is 1.84. The maximum absolute atomic E-state index is 11.3. The molecule has 2 rings (SSSR count). The van der Waals surface area contributed by atoms with E-state index in [1.54, 1.807) is 12.1 Å². The zero-order valence-electron chi connectivity index (χ0n) is 10.3. The van der Waals surface area contributed by atoms with Crippen LogP contribution in [0, 0.1) is 6.92 Å². The van der Waals surface area contributed by atoms with Gasteiger partial charge in [-0.15, -0.1) is 0 Å². The number of aromatic carboxylic acids is 1. The molecular formula is C15H12O4. The highest BCUT2D eigenvalue weighted by Gasteiger charge is 2.16. The van der Waals surface area contributed by atoms with Crippen molar-refractivity contribution in [3.8, 4) is 5.75 Å². The van der Waals surface area contributed by atoms with Gasteiger partial charge in [0.2, 0.25) is 0 Å². The lowest BCUT2D eigenvalue weighted by Gasteiger charge is -2.10. The predicted molar refractivity (Wildman–Crippen MR) is 71.5 cm³/mol. The third kappa shape index (κ3) is 2.47. The van der Waals surface area contributed by atoms with Gasteiger partial charge >= 0.3 is 11.9 Å². The molecule has 4 nitrogen and oxygen atoms in total. The SMILES string of the molecule is C=CC(=O)Oc1c(C(=O)O)ccc2cc(C)ccc12. The van der Waals surface area contributed by atoms with E-state index in [1.165, 1.54) is 6.07 Å². The van der Waals surface area contributed by atoms with Gasteiger partial charge in [-0.25, -0.2) is 9.59 Å². The first kappa shape index (κ1) is 12.8. The van der Waals surface area contributed by atoms with Gasteiger partial charge in [0, 0.05) is 11.5 Å². The van der Waals surface area contributed by atoms with Gasteiger partial charge in [-0.05, 0) is 18.4 Å². The quantitative estimate of drug-likeness (QED) is 0.521. The Labute approximate surface area is 109 Å². The van der Waals surface area contributed by atoms with Gasteiger partial charge < -0.3 is 9.84 Å². The first-order valence-electron chi connectivity index (χ1n) is 5.64. The van der Waals surface area contributed by atoms with Crippen molar-refractivity contribution in [3.63, 3.8) is 0 Å². The van der Waals surface area contributed by atoms with Crippen LogP contribution in [0.3, 0.4) is 0 Å². The molecule has 0 fully saturated rings. The van der Waals surface area contributed by atoms with E-state index in [0.29, 0.717) is 5.39 Å². The molecule has 19 heavy (non-hydrogen) atoms. The third-order valence-corrected chi connectivity index (χ3v) is 2.73. The molecule has 0 aromatic heterocycles. The summed E-state index contributed by atoms with van der Waals surface area (Å²) in [7, 11) is 0. The molecular weight excluding hydrogens is 244 g/mol. The van der Waals surface area contributed by atoms with E-state index in [0.717, 1.165) is 17.0 Å². The molecule has 0 saturated heterocycles. The average molecular weight is 256 g/mol. The highest BCUT2D eigenvalue weighted by atomic mass is 16.5. The van der Waals surface area contributed by atoms with Crippen LogP contribution in [-0.2, 0) is 4.79 Å². The number of hydrogen-bond acceptors (Lipinski definition) is 3. The number of fused-ring (bicyclic) bond motifs is 1. The summed E-state index contributed by atoms with van der Waals surface area (Å²) in [5, 5.41) is 10.5. The Morgan fingerprint density at radius 3 is 2.63 bits per heavy atom. The van der Waals surface area contributed by atoms with Crippen LogP contribution in [0.4, 0.5) is 0 Å². The molecule has 2 aromatic rings. The molecule has 4 heteroatoms. The van der Waals surface area contributed by atoms with Crippen LogP contribution in [0.2, 0.25) is 0 Å². The van der Waals surface area contributed by atoms with Crippen molar-refractivity contribution in [2.24, 2.45) is 0 Å². The van der Waals surface area contributed by atoms with E-state index < -0.39 is 11.9 Å². The second-order valence-corrected chi connectivity index (χ2v) is 4.10. The molecule has 0 bridgehead atoms. The van der Waals surface area contributed by atoms with E-state index in [1.807, 2.05) is 19.1 Å². The van der Waals surface area contributed by atoms with E-state index >= 15 is 0 Å². The summed E-state index contributed by atoms with van der Waals surface area (Å²) in [6.45, 7) is 5.23. The molecule has 0 aliphatic heterocycles. The lowest BCUT2D eigenvalue weighted by atomic mass is 10.0. The second-order valence-electron chi connectivity index (χ2n) is 4.10. The summed E-state index contributed by atoms with van der Waals surface area (Å²) in [5.74, 6) is -1.78. The van der Waals surface area contributed by atoms with Crippen molar-refractivity contribution in [2.75, 3.05) is 0 Å². The Morgan fingerprint density at radius 1 is 1.26 bits per heavy atom. The molecule has 96 valence electrons. The Balaban J connectivity index is 2.72. The van der Waals surface area contributed by atoms with Crippen LogP contribution in [0.5, 0.6) is 5.75 Å². The van der Waals surface area contributed by atoms with Crippen molar-refractivity contribution in [2.45, 2.75) is 6.92 Å². The molecule has 0 amide bonds. The number of aryl methyl sites for hydroxylation is 1. The van der Waals surface area contributed by atoms with Crippen molar-refractivity contribution in [1.29, 1.82) is 0 Å². The first-order chi connectivity index (χ1) is 9.02. The van der Waals surface area contributed by atoms with Gasteiger partial charge in [-0.1, -0.05) is 36.4 Å². The molecule has 0 atom stereocenters. The normalized spacial score (nSPS) is 10.2. The van der Waals surface area contributed by atoms with Gasteiger partial charge in [-0.2, -0.15) is 0 Å². The summed E-state index contributed by atoms with van der Waals surface area (Å²) in [5.41, 5.74) is 0.989. The van der Waals surface area contributed by atoms with Crippen molar-refractivity contribution < 1.29 is 19.4 Å². The van der Waals surface area contributed by atoms with Crippen LogP contribution in [-0.4, -0.2) is 17.0 Å². The number of hydrogen-bond donors (Lipinski definition) is 1. The summed E-state index contributed by atoms with van der Waals surface area (Å²) in [6.07, 6.45) is 0.999. The summed E-state index contributed by atoms with van der Waals surface area (Å²) in [4.78, 5) is 22.5. The van der Waals surface area contributed by atoms with E-state index in [9.17, 15) is 9.59 Å². The molecule has 0 aliphatic carbocycles. The Bertz CT molecular complexity index is 686. The van der Waals surface area contributed by atoms with E-state index in [4.69, 9.17) is 9.84 Å². The van der Waals surface area contributed by atoms with E-state index in [2.05, 4.69) is 6.58 Å². The summed E-state index contributed by atoms with van der Waals surface area (Å²) < 4.78 is 5.07. The van der Waals surface area contributed by atoms with Gasteiger partial charge in [0.05, 0.1) is 0 Å². The summed E-state index contributed by atoms with van der Waals surface area (Å²) in [6, 6.07) is 8.58. The number of ether oxygens (including phenoxy) is 1. The second kappa shape index (κ2) is 4.94. The topological polar surface area (TPSA) is 63.6 Å². The minimum absolute atomic E-state index is 0.0495. The minimum atomic E-state index is -1.14. The highest BCUT2D eigenvalue weighted by molar-refractivity contribution is 6.02. The predicted octanol–water partition coefficient (Wildman–Crippen LogP) is 2.94. The molecule has 0 unspecified atom stereocenters. The number of rotatable bonds is 3.